The molecule has 10 heteroatoms. The summed E-state index contributed by atoms with van der Waals surface area (Å²) in [5.41, 5.74) is 5.21. The minimum absolute atomic E-state index is 0. The van der Waals surface area contributed by atoms with Crippen LogP contribution in [0.25, 0.3) is 22.5 Å². The topological polar surface area (TPSA) is 112 Å². The van der Waals surface area contributed by atoms with Gasteiger partial charge in [0.25, 0.3) is 0 Å². The van der Waals surface area contributed by atoms with Crippen molar-refractivity contribution in [2.45, 2.75) is 13.5 Å². The normalized spacial score (nSPS) is 9.88. The Balaban J connectivity index is 0.000000222. The summed E-state index contributed by atoms with van der Waals surface area (Å²) in [5, 5.41) is 17.9. The van der Waals surface area contributed by atoms with Gasteiger partial charge < -0.3 is 19.8 Å². The van der Waals surface area contributed by atoms with Gasteiger partial charge in [0.1, 0.15) is 0 Å². The largest absolute Gasteiger partial charge is 0.517 e. The van der Waals surface area contributed by atoms with Gasteiger partial charge in [-0.1, -0.05) is 43.5 Å². The number of hydrogen-bond donors (Lipinski definition) is 1. The van der Waals surface area contributed by atoms with Crippen LogP contribution < -0.4 is 14.8 Å². The fourth-order valence-electron chi connectivity index (χ4n) is 3.44. The fraction of sp³-hybridized carbons (Fsp3) is 0.133. The number of ether oxygens (including phenoxy) is 2. The van der Waals surface area contributed by atoms with Crippen molar-refractivity contribution in [3.8, 4) is 34.0 Å². The van der Waals surface area contributed by atoms with E-state index in [9.17, 15) is 4.79 Å². The maximum absolute atomic E-state index is 11.9. The maximum atomic E-state index is 11.9. The fourth-order valence-corrected chi connectivity index (χ4v) is 3.44. The smallest absolute Gasteiger partial charge is 0.213 e. The van der Waals surface area contributed by atoms with Crippen LogP contribution in [0.4, 0.5) is 0 Å². The Morgan fingerprint density at radius 2 is 1.70 bits per heavy atom. The van der Waals surface area contributed by atoms with Crippen LogP contribution in [0.2, 0.25) is 0 Å². The van der Waals surface area contributed by atoms with E-state index in [0.717, 1.165) is 28.0 Å². The van der Waals surface area contributed by atoms with Crippen molar-refractivity contribution < 1.29 is 34.1 Å². The van der Waals surface area contributed by atoms with Crippen LogP contribution in [-0.2, 0) is 26.3 Å². The van der Waals surface area contributed by atoms with E-state index < -0.39 is 0 Å². The Kier molecular flexibility index (Phi) is 11.4. The molecule has 2 aromatic heterocycles. The summed E-state index contributed by atoms with van der Waals surface area (Å²) in [4.78, 5) is 15.8. The first-order chi connectivity index (χ1) is 19.1. The number of carbonyl (C=O) groups excluding carboxylic acids is 1. The summed E-state index contributed by atoms with van der Waals surface area (Å²) < 4.78 is 10.4. The quantitative estimate of drug-likeness (QED) is 0.249. The monoisotopic (exact) mass is 709 g/mol. The van der Waals surface area contributed by atoms with Gasteiger partial charge in [-0.05, 0) is 5.56 Å². The van der Waals surface area contributed by atoms with E-state index in [1.807, 2.05) is 42.5 Å². The number of pyridine rings is 1. The van der Waals surface area contributed by atoms with E-state index in [1.165, 1.54) is 11.9 Å². The molecule has 0 radical (unpaired) electrons. The molecule has 0 aliphatic heterocycles. The van der Waals surface area contributed by atoms with Crippen molar-refractivity contribution in [2.75, 3.05) is 14.2 Å². The van der Waals surface area contributed by atoms with Gasteiger partial charge in [0, 0.05) is 49.1 Å². The number of aryl methyl sites for hydroxylation is 1. The Morgan fingerprint density at radius 1 is 0.925 bits per heavy atom. The van der Waals surface area contributed by atoms with E-state index in [-0.39, 0.29) is 25.7 Å². The van der Waals surface area contributed by atoms with Gasteiger partial charge >= 0.3 is 0 Å². The van der Waals surface area contributed by atoms with Gasteiger partial charge in [-0.15, -0.1) is 50.2 Å². The van der Waals surface area contributed by atoms with Gasteiger partial charge in [0.05, 0.1) is 14.2 Å². The van der Waals surface area contributed by atoms with Crippen LogP contribution in [0.3, 0.4) is 0 Å². The van der Waals surface area contributed by atoms with Gasteiger partial charge in [-0.25, -0.2) is 11.1 Å². The average molecular weight is 708 g/mol. The molecule has 204 valence electrons. The Labute approximate surface area is 246 Å². The number of amides is 1. The third kappa shape index (κ3) is 8.48. The van der Waals surface area contributed by atoms with Crippen molar-refractivity contribution in [3.63, 3.8) is 0 Å². The molecule has 0 bridgehead atoms. The minimum atomic E-state index is -0.235. The van der Waals surface area contributed by atoms with E-state index in [4.69, 9.17) is 9.47 Å². The molecule has 0 fully saturated rings. The third-order valence-electron chi connectivity index (χ3n) is 5.44. The van der Waals surface area contributed by atoms with Crippen molar-refractivity contribution in [2.24, 2.45) is 0 Å². The van der Waals surface area contributed by atoms with Crippen LogP contribution in [-0.4, -0.2) is 45.5 Å². The number of benzene rings is 3. The zero-order chi connectivity index (χ0) is 27.5. The van der Waals surface area contributed by atoms with Crippen LogP contribution in [0.5, 0.6) is 11.5 Å². The molecule has 0 atom stereocenters. The Hall–Kier alpha value is -4.54. The van der Waals surface area contributed by atoms with Crippen molar-refractivity contribution >= 4 is 5.91 Å². The van der Waals surface area contributed by atoms with Crippen LogP contribution >= 0.6 is 0 Å². The zero-order valence-corrected chi connectivity index (χ0v) is 24.6. The Bertz CT molecular complexity index is 1480. The van der Waals surface area contributed by atoms with E-state index in [2.05, 4.69) is 62.0 Å². The van der Waals surface area contributed by atoms with Gasteiger partial charge in [0.2, 0.25) is 11.7 Å². The van der Waals surface area contributed by atoms with Crippen LogP contribution in [0, 0.1) is 25.3 Å². The molecule has 0 saturated carbocycles. The first kappa shape index (κ1) is 30.0. The summed E-state index contributed by atoms with van der Waals surface area (Å²) in [5.74, 6) is 1.64. The predicted octanol–water partition coefficient (Wildman–Crippen LogP) is 4.34. The summed E-state index contributed by atoms with van der Waals surface area (Å²) in [6, 6.07) is 28.6. The molecule has 5 rings (SSSR count). The second-order valence-electron chi connectivity index (χ2n) is 8.18. The van der Waals surface area contributed by atoms with Gasteiger partial charge in [-0.3, -0.25) is 4.79 Å². The summed E-state index contributed by atoms with van der Waals surface area (Å²) in [7, 11) is 3.26. The van der Waals surface area contributed by atoms with E-state index in [1.54, 1.807) is 38.5 Å². The molecule has 2 heterocycles. The number of hydrogen-bond acceptors (Lipinski definition) is 8. The number of nitrogens with zero attached hydrogens (tertiary/aromatic N) is 5. The molecule has 40 heavy (non-hydrogen) atoms. The van der Waals surface area contributed by atoms with Crippen LogP contribution in [0.1, 0.15) is 21.6 Å². The minimum Gasteiger partial charge on any atom is -0.517 e. The molecule has 1 amide bonds. The number of aromatic nitrogens is 5. The second kappa shape index (κ2) is 15.1. The summed E-state index contributed by atoms with van der Waals surface area (Å²) in [6.45, 7) is 2.45. The first-order valence-electron chi connectivity index (χ1n) is 11.9. The summed E-state index contributed by atoms with van der Waals surface area (Å²) in [6.07, 6.45) is 3.91. The van der Waals surface area contributed by atoms with E-state index >= 15 is 0 Å². The number of nitrogens with one attached hydrogen (secondary N) is 1. The molecule has 0 spiro atoms. The van der Waals surface area contributed by atoms with Gasteiger partial charge in [-0.2, -0.15) is 30.3 Å². The predicted molar refractivity (Wildman–Crippen MR) is 145 cm³/mol. The van der Waals surface area contributed by atoms with E-state index in [0.29, 0.717) is 23.8 Å². The molecule has 1 N–H and O–H groups in total. The zero-order valence-electron chi connectivity index (χ0n) is 22.0. The molecule has 0 saturated heterocycles. The average Bonchev–Trinajstić information content (AvgIpc) is 3.01. The maximum Gasteiger partial charge on any atom is 0.213 e. The molecule has 0 aliphatic carbocycles. The Morgan fingerprint density at radius 3 is 2.35 bits per heavy atom. The SMILES string of the molecule is COc1[c-]c(-c2[c-]ccc(C)c2)cc(OC)c1.O=C(NCc1ccc(-c2nncnn2)cc1)c1ccc[c-]n1.[Os]. The third-order valence-corrected chi connectivity index (χ3v) is 5.44. The van der Waals surface area contributed by atoms with Crippen molar-refractivity contribution in [1.29, 1.82) is 0 Å². The number of rotatable bonds is 7. The first-order valence-corrected chi connectivity index (χ1v) is 11.9. The summed E-state index contributed by atoms with van der Waals surface area (Å²) >= 11 is 0. The van der Waals surface area contributed by atoms with Crippen molar-refractivity contribution in [3.05, 3.63) is 114 Å². The van der Waals surface area contributed by atoms with Gasteiger partial charge in [0.15, 0.2) is 6.33 Å². The standard InChI is InChI=1S/C15H11N6O.C15H14O2.Os/c22-15(13-3-1-2-8-16-13)17-9-11-4-6-12(7-5-11)14-20-18-10-19-21-14;1-11-5-4-6-12(7-11)13-8-14(16-2)10-15(9-13)17-3;/h1-7,10H,9H2,(H,17,22);4-5,7-8,10H,1-3H3;/q-1;-2;. The molecule has 5 aromatic rings. The molecule has 3 aromatic carbocycles. The molecule has 9 nitrogen and oxygen atoms in total. The number of carbonyl (C=O) groups is 1. The molecular weight excluding hydrogens is 683 g/mol. The van der Waals surface area contributed by atoms with Crippen molar-refractivity contribution in [1.82, 2.24) is 30.7 Å². The molecule has 0 aliphatic rings. The molecule has 0 unspecified atom stereocenters. The number of methoxy groups -OCH3 is 2. The second-order valence-corrected chi connectivity index (χ2v) is 8.18. The molecular formula is C30H25N6O3Os-3. The van der Waals surface area contributed by atoms with Crippen LogP contribution in [0.15, 0.2) is 79.1 Å².